The van der Waals surface area contributed by atoms with Crippen LogP contribution in [0.5, 0.6) is 0 Å². The van der Waals surface area contributed by atoms with Gasteiger partial charge >= 0.3 is 0 Å². The van der Waals surface area contributed by atoms with Crippen molar-refractivity contribution < 1.29 is 14.6 Å². The Kier molecular flexibility index (Phi) is 4.89. The summed E-state index contributed by atoms with van der Waals surface area (Å²) >= 11 is 1.29. The number of anilines is 1. The van der Waals surface area contributed by atoms with Gasteiger partial charge in [0.1, 0.15) is 9.71 Å². The number of hydrogen-bond acceptors (Lipinski definition) is 6. The summed E-state index contributed by atoms with van der Waals surface area (Å²) in [5, 5.41) is 12.1. The molecule has 20 heavy (non-hydrogen) atoms. The minimum absolute atomic E-state index is 0.0256. The Hall–Kier alpha value is -1.70. The highest BCUT2D eigenvalue weighted by atomic mass is 32.1. The molecule has 0 spiro atoms. The summed E-state index contributed by atoms with van der Waals surface area (Å²) in [5.41, 5.74) is 7.34. The lowest BCUT2D eigenvalue weighted by molar-refractivity contribution is 0.0841. The van der Waals surface area contributed by atoms with Crippen LogP contribution in [0.3, 0.4) is 0 Å². The van der Waals surface area contributed by atoms with Crippen LogP contribution in [0.25, 0.3) is 10.2 Å². The van der Waals surface area contributed by atoms with E-state index in [0.717, 1.165) is 15.9 Å². The fourth-order valence-corrected chi connectivity index (χ4v) is 2.80. The van der Waals surface area contributed by atoms with E-state index in [1.165, 1.54) is 11.3 Å². The third-order valence-electron chi connectivity index (χ3n) is 2.71. The number of carbonyl (C=O) groups is 1. The molecule has 2 rings (SSSR count). The van der Waals surface area contributed by atoms with Crippen LogP contribution in [-0.4, -0.2) is 42.4 Å². The van der Waals surface area contributed by atoms with Gasteiger partial charge in [-0.3, -0.25) is 4.79 Å². The number of fused-ring (bicyclic) bond motifs is 1. The van der Waals surface area contributed by atoms with E-state index in [9.17, 15) is 4.79 Å². The van der Waals surface area contributed by atoms with Crippen LogP contribution < -0.4 is 11.1 Å². The van der Waals surface area contributed by atoms with Crippen LogP contribution in [0.1, 0.15) is 15.4 Å². The number of carbonyl (C=O) groups excluding carboxylic acids is 1. The summed E-state index contributed by atoms with van der Waals surface area (Å²) in [7, 11) is 0. The van der Waals surface area contributed by atoms with Crippen LogP contribution in [0.15, 0.2) is 12.1 Å². The van der Waals surface area contributed by atoms with E-state index in [1.54, 1.807) is 0 Å². The van der Waals surface area contributed by atoms with Gasteiger partial charge in [-0.2, -0.15) is 0 Å². The first-order valence-corrected chi connectivity index (χ1v) is 7.07. The van der Waals surface area contributed by atoms with Crippen LogP contribution in [0.2, 0.25) is 0 Å². The van der Waals surface area contributed by atoms with Crippen molar-refractivity contribution in [2.24, 2.45) is 0 Å². The minimum Gasteiger partial charge on any atom is -0.397 e. The lowest BCUT2D eigenvalue weighted by atomic mass is 10.2. The minimum atomic E-state index is -0.226. The molecule has 108 valence electrons. The second-order valence-electron chi connectivity index (χ2n) is 4.24. The summed E-state index contributed by atoms with van der Waals surface area (Å²) in [5.74, 6) is -0.226. The average molecular weight is 295 g/mol. The van der Waals surface area contributed by atoms with Gasteiger partial charge in [-0.25, -0.2) is 4.98 Å². The number of nitrogens with two attached hydrogens (primary N) is 1. The fourth-order valence-electron chi connectivity index (χ4n) is 1.74. The first-order chi connectivity index (χ1) is 9.63. The molecular formula is C13H17N3O3S. The molecule has 0 radical (unpaired) electrons. The Morgan fingerprint density at radius 2 is 2.30 bits per heavy atom. The standard InChI is InChI=1S/C13H17N3O3S/c1-8-2-3-9-10(14)11(20-13(9)16-8)12(18)15-4-6-19-7-5-17/h2-3,17H,4-7,14H2,1H3,(H,15,18). The van der Waals surface area contributed by atoms with Crippen LogP contribution in [0, 0.1) is 6.92 Å². The monoisotopic (exact) mass is 295 g/mol. The summed E-state index contributed by atoms with van der Waals surface area (Å²) in [4.78, 5) is 17.6. The van der Waals surface area contributed by atoms with Crippen molar-refractivity contribution in [1.82, 2.24) is 10.3 Å². The molecule has 0 fully saturated rings. The number of hydrogen-bond donors (Lipinski definition) is 3. The lowest BCUT2D eigenvalue weighted by Crippen LogP contribution is -2.27. The molecule has 0 saturated heterocycles. The van der Waals surface area contributed by atoms with E-state index >= 15 is 0 Å². The SMILES string of the molecule is Cc1ccc2c(N)c(C(=O)NCCOCCO)sc2n1. The van der Waals surface area contributed by atoms with Gasteiger partial charge in [0.2, 0.25) is 0 Å². The second kappa shape index (κ2) is 6.65. The maximum atomic E-state index is 12.0. The molecule has 2 aromatic rings. The number of nitrogens with zero attached hydrogens (tertiary/aromatic N) is 1. The van der Waals surface area contributed by atoms with Gasteiger partial charge in [-0.15, -0.1) is 11.3 Å². The summed E-state index contributed by atoms with van der Waals surface area (Å²) in [6.45, 7) is 2.87. The quantitative estimate of drug-likeness (QED) is 0.689. The van der Waals surface area contributed by atoms with E-state index in [1.807, 2.05) is 19.1 Å². The molecule has 2 heterocycles. The number of amides is 1. The topological polar surface area (TPSA) is 97.5 Å². The van der Waals surface area contributed by atoms with Crippen molar-refractivity contribution in [1.29, 1.82) is 0 Å². The zero-order valence-electron chi connectivity index (χ0n) is 11.2. The van der Waals surface area contributed by atoms with E-state index < -0.39 is 0 Å². The number of pyridine rings is 1. The highest BCUT2D eigenvalue weighted by Crippen LogP contribution is 2.32. The first kappa shape index (κ1) is 14.7. The zero-order chi connectivity index (χ0) is 14.5. The summed E-state index contributed by atoms with van der Waals surface area (Å²) in [6.07, 6.45) is 0. The number of aryl methyl sites for hydroxylation is 1. The van der Waals surface area contributed by atoms with Gasteiger partial charge in [0.05, 0.1) is 25.5 Å². The van der Waals surface area contributed by atoms with E-state index in [0.29, 0.717) is 23.7 Å². The van der Waals surface area contributed by atoms with Crippen molar-refractivity contribution in [2.45, 2.75) is 6.92 Å². The predicted octanol–water partition coefficient (Wildman–Crippen LogP) is 0.926. The number of aliphatic hydroxyl groups excluding tert-OH is 1. The fraction of sp³-hybridized carbons (Fsp3) is 0.385. The smallest absolute Gasteiger partial charge is 0.263 e. The number of nitrogen functional groups attached to an aromatic ring is 1. The molecule has 0 atom stereocenters. The van der Waals surface area contributed by atoms with Gasteiger partial charge < -0.3 is 20.9 Å². The Morgan fingerprint density at radius 1 is 1.50 bits per heavy atom. The normalized spacial score (nSPS) is 10.9. The second-order valence-corrected chi connectivity index (χ2v) is 5.24. The van der Waals surface area contributed by atoms with Crippen molar-refractivity contribution in [3.05, 3.63) is 22.7 Å². The number of rotatable bonds is 6. The molecule has 0 aliphatic heterocycles. The van der Waals surface area contributed by atoms with Gasteiger partial charge in [0.25, 0.3) is 5.91 Å². The molecule has 1 amide bonds. The molecule has 0 bridgehead atoms. The van der Waals surface area contributed by atoms with Crippen LogP contribution in [0.4, 0.5) is 5.69 Å². The molecule has 0 saturated carbocycles. The third kappa shape index (κ3) is 3.24. The molecule has 6 nitrogen and oxygen atoms in total. The lowest BCUT2D eigenvalue weighted by Gasteiger charge is -2.04. The molecule has 0 aliphatic carbocycles. The highest BCUT2D eigenvalue weighted by molar-refractivity contribution is 7.21. The molecule has 4 N–H and O–H groups in total. The van der Waals surface area contributed by atoms with Crippen molar-refractivity contribution in [2.75, 3.05) is 32.1 Å². The van der Waals surface area contributed by atoms with Gasteiger partial charge in [0, 0.05) is 17.6 Å². The van der Waals surface area contributed by atoms with E-state index in [2.05, 4.69) is 10.3 Å². The Balaban J connectivity index is 2.04. The molecule has 0 unspecified atom stereocenters. The number of ether oxygens (including phenoxy) is 1. The largest absolute Gasteiger partial charge is 0.397 e. The number of aromatic nitrogens is 1. The molecule has 0 aliphatic rings. The molecule has 2 aromatic heterocycles. The number of aliphatic hydroxyl groups is 1. The molecular weight excluding hydrogens is 278 g/mol. The maximum absolute atomic E-state index is 12.0. The number of nitrogens with one attached hydrogen (secondary N) is 1. The first-order valence-electron chi connectivity index (χ1n) is 6.26. The predicted molar refractivity (Wildman–Crippen MR) is 79.0 cm³/mol. The van der Waals surface area contributed by atoms with Crippen molar-refractivity contribution >= 4 is 33.1 Å². The van der Waals surface area contributed by atoms with Gasteiger partial charge in [-0.1, -0.05) is 0 Å². The summed E-state index contributed by atoms with van der Waals surface area (Å²) in [6, 6.07) is 3.75. The van der Waals surface area contributed by atoms with Crippen molar-refractivity contribution in [3.63, 3.8) is 0 Å². The molecule has 0 aromatic carbocycles. The van der Waals surface area contributed by atoms with Gasteiger partial charge in [0.15, 0.2) is 0 Å². The Labute approximate surface area is 120 Å². The van der Waals surface area contributed by atoms with Gasteiger partial charge in [-0.05, 0) is 19.1 Å². The number of thiophene rings is 1. The molecule has 7 heteroatoms. The Morgan fingerprint density at radius 3 is 3.05 bits per heavy atom. The maximum Gasteiger partial charge on any atom is 0.263 e. The van der Waals surface area contributed by atoms with Crippen LogP contribution >= 0.6 is 11.3 Å². The average Bonchev–Trinajstić information content (AvgIpc) is 2.75. The van der Waals surface area contributed by atoms with Crippen molar-refractivity contribution in [3.8, 4) is 0 Å². The van der Waals surface area contributed by atoms with E-state index in [-0.39, 0.29) is 19.1 Å². The zero-order valence-corrected chi connectivity index (χ0v) is 12.0. The van der Waals surface area contributed by atoms with Crippen LogP contribution in [-0.2, 0) is 4.74 Å². The highest BCUT2D eigenvalue weighted by Gasteiger charge is 2.16. The Bertz CT molecular complexity index is 612. The third-order valence-corrected chi connectivity index (χ3v) is 3.82. The summed E-state index contributed by atoms with van der Waals surface area (Å²) < 4.78 is 5.07. The van der Waals surface area contributed by atoms with E-state index in [4.69, 9.17) is 15.6 Å².